The Balaban J connectivity index is 3.32. The molecule has 0 aliphatic rings. The Kier molecular flexibility index (Phi) is 3.88. The van der Waals surface area contributed by atoms with Crippen LogP contribution in [0.3, 0.4) is 0 Å². The minimum Gasteiger partial charge on any atom is -0.496 e. The molecule has 4 heteroatoms. The van der Waals surface area contributed by atoms with Crippen LogP contribution in [-0.4, -0.2) is 14.2 Å². The Morgan fingerprint density at radius 1 is 1.31 bits per heavy atom. The van der Waals surface area contributed by atoms with Gasteiger partial charge in [-0.15, -0.1) is 0 Å². The fraction of sp³-hybridized carbons (Fsp3) is 0.500. The highest BCUT2D eigenvalue weighted by molar-refractivity contribution is 5.40. The Hall–Kier alpha value is -1.13. The van der Waals surface area contributed by atoms with Gasteiger partial charge in [0, 0.05) is 18.2 Å². The highest BCUT2D eigenvalue weighted by atomic mass is 19.1. The van der Waals surface area contributed by atoms with E-state index in [2.05, 4.69) is 0 Å². The maximum absolute atomic E-state index is 14.2. The molecule has 0 saturated carbocycles. The molecule has 16 heavy (non-hydrogen) atoms. The van der Waals surface area contributed by atoms with Gasteiger partial charge in [0.1, 0.15) is 11.6 Å². The molecule has 0 radical (unpaired) electrons. The third kappa shape index (κ3) is 2.51. The van der Waals surface area contributed by atoms with E-state index in [0.717, 1.165) is 0 Å². The molecule has 0 unspecified atom stereocenters. The SMILES string of the molecule is COCc1c(OC)ccc(C(C)(C)N)c1F. The van der Waals surface area contributed by atoms with Crippen LogP contribution in [0.2, 0.25) is 0 Å². The highest BCUT2D eigenvalue weighted by Crippen LogP contribution is 2.29. The lowest BCUT2D eigenvalue weighted by molar-refractivity contribution is 0.177. The van der Waals surface area contributed by atoms with Gasteiger partial charge in [-0.1, -0.05) is 6.07 Å². The van der Waals surface area contributed by atoms with Crippen molar-refractivity contribution in [2.45, 2.75) is 26.0 Å². The van der Waals surface area contributed by atoms with Crippen molar-refractivity contribution in [1.82, 2.24) is 0 Å². The lowest BCUT2D eigenvalue weighted by Crippen LogP contribution is -2.30. The second-order valence-electron chi connectivity index (χ2n) is 4.26. The van der Waals surface area contributed by atoms with E-state index in [1.165, 1.54) is 14.2 Å². The summed E-state index contributed by atoms with van der Waals surface area (Å²) in [6.07, 6.45) is 0. The number of benzene rings is 1. The normalized spacial score (nSPS) is 11.6. The zero-order valence-electron chi connectivity index (χ0n) is 10.1. The summed E-state index contributed by atoms with van der Waals surface area (Å²) >= 11 is 0. The molecule has 0 atom stereocenters. The summed E-state index contributed by atoms with van der Waals surface area (Å²) in [5.41, 5.74) is 6.03. The molecule has 0 aromatic heterocycles. The first kappa shape index (κ1) is 12.9. The van der Waals surface area contributed by atoms with Crippen molar-refractivity contribution in [3.63, 3.8) is 0 Å². The summed E-state index contributed by atoms with van der Waals surface area (Å²) in [6, 6.07) is 3.36. The van der Waals surface area contributed by atoms with E-state index in [-0.39, 0.29) is 12.4 Å². The fourth-order valence-corrected chi connectivity index (χ4v) is 1.57. The number of hydrogen-bond acceptors (Lipinski definition) is 3. The highest BCUT2D eigenvalue weighted by Gasteiger charge is 2.23. The summed E-state index contributed by atoms with van der Waals surface area (Å²) < 4.78 is 24.2. The molecule has 0 aliphatic carbocycles. The first-order valence-corrected chi connectivity index (χ1v) is 5.05. The molecule has 3 nitrogen and oxygen atoms in total. The fourth-order valence-electron chi connectivity index (χ4n) is 1.57. The van der Waals surface area contributed by atoms with Crippen LogP contribution in [-0.2, 0) is 16.9 Å². The molecule has 1 rings (SSSR count). The van der Waals surface area contributed by atoms with E-state index in [9.17, 15) is 4.39 Å². The summed E-state index contributed by atoms with van der Waals surface area (Å²) in [5, 5.41) is 0. The molecule has 0 aliphatic heterocycles. The minimum absolute atomic E-state index is 0.166. The van der Waals surface area contributed by atoms with Gasteiger partial charge in [-0.2, -0.15) is 0 Å². The zero-order valence-corrected chi connectivity index (χ0v) is 10.1. The number of nitrogens with two attached hydrogens (primary N) is 1. The summed E-state index contributed by atoms with van der Waals surface area (Å²) in [6.45, 7) is 3.68. The van der Waals surface area contributed by atoms with Gasteiger partial charge >= 0.3 is 0 Å². The third-order valence-corrected chi connectivity index (χ3v) is 2.40. The van der Waals surface area contributed by atoms with E-state index in [0.29, 0.717) is 16.9 Å². The van der Waals surface area contributed by atoms with Gasteiger partial charge in [0.15, 0.2) is 0 Å². The summed E-state index contributed by atoms with van der Waals surface area (Å²) in [7, 11) is 3.01. The first-order chi connectivity index (χ1) is 7.41. The van der Waals surface area contributed by atoms with E-state index >= 15 is 0 Å². The molecule has 1 aromatic carbocycles. The largest absolute Gasteiger partial charge is 0.496 e. The van der Waals surface area contributed by atoms with Crippen LogP contribution >= 0.6 is 0 Å². The van der Waals surface area contributed by atoms with Gasteiger partial charge in [-0.05, 0) is 19.9 Å². The number of methoxy groups -OCH3 is 2. The topological polar surface area (TPSA) is 44.5 Å². The van der Waals surface area contributed by atoms with Crippen molar-refractivity contribution in [3.8, 4) is 5.75 Å². The maximum Gasteiger partial charge on any atom is 0.137 e. The third-order valence-electron chi connectivity index (χ3n) is 2.40. The Morgan fingerprint density at radius 3 is 2.38 bits per heavy atom. The molecule has 90 valence electrons. The smallest absolute Gasteiger partial charge is 0.137 e. The van der Waals surface area contributed by atoms with E-state index < -0.39 is 5.54 Å². The van der Waals surface area contributed by atoms with E-state index in [1.54, 1.807) is 26.0 Å². The lowest BCUT2D eigenvalue weighted by atomic mass is 9.93. The van der Waals surface area contributed by atoms with Crippen molar-refractivity contribution >= 4 is 0 Å². The molecule has 0 fully saturated rings. The van der Waals surface area contributed by atoms with E-state index in [4.69, 9.17) is 15.2 Å². The number of rotatable bonds is 4. The predicted octanol–water partition coefficient (Wildman–Crippen LogP) is 2.17. The van der Waals surface area contributed by atoms with Crippen LogP contribution in [0.1, 0.15) is 25.0 Å². The second-order valence-corrected chi connectivity index (χ2v) is 4.26. The maximum atomic E-state index is 14.2. The van der Waals surface area contributed by atoms with Crippen molar-refractivity contribution < 1.29 is 13.9 Å². The van der Waals surface area contributed by atoms with Crippen LogP contribution in [0, 0.1) is 5.82 Å². The Morgan fingerprint density at radius 2 is 1.94 bits per heavy atom. The van der Waals surface area contributed by atoms with Crippen molar-refractivity contribution in [2.24, 2.45) is 5.73 Å². The van der Waals surface area contributed by atoms with Crippen molar-refractivity contribution in [1.29, 1.82) is 0 Å². The molecule has 0 bridgehead atoms. The number of ether oxygens (including phenoxy) is 2. The van der Waals surface area contributed by atoms with Gasteiger partial charge in [-0.25, -0.2) is 4.39 Å². The molecular formula is C12H18FNO2. The number of halogens is 1. The van der Waals surface area contributed by atoms with Crippen molar-refractivity contribution in [2.75, 3.05) is 14.2 Å². The van der Waals surface area contributed by atoms with Crippen molar-refractivity contribution in [3.05, 3.63) is 29.1 Å². The first-order valence-electron chi connectivity index (χ1n) is 5.05. The van der Waals surface area contributed by atoms with Gasteiger partial charge < -0.3 is 15.2 Å². The van der Waals surface area contributed by atoms with Crippen LogP contribution in [0.5, 0.6) is 5.75 Å². The zero-order chi connectivity index (χ0) is 12.3. The average Bonchev–Trinajstić information content (AvgIpc) is 2.19. The quantitative estimate of drug-likeness (QED) is 0.857. The van der Waals surface area contributed by atoms with Gasteiger partial charge in [0.05, 0.1) is 19.3 Å². The Labute approximate surface area is 95.4 Å². The molecule has 0 saturated heterocycles. The van der Waals surface area contributed by atoms with Gasteiger partial charge in [0.2, 0.25) is 0 Å². The molecule has 2 N–H and O–H groups in total. The molecule has 0 spiro atoms. The average molecular weight is 227 g/mol. The summed E-state index contributed by atoms with van der Waals surface area (Å²) in [5.74, 6) is 0.126. The Bertz CT molecular complexity index is 372. The van der Waals surface area contributed by atoms with Gasteiger partial charge in [0.25, 0.3) is 0 Å². The molecular weight excluding hydrogens is 209 g/mol. The standard InChI is InChI=1S/C12H18FNO2/c1-12(2,14)9-5-6-10(16-4)8(7-15-3)11(9)13/h5-6H,7,14H2,1-4H3. The number of hydrogen-bond donors (Lipinski definition) is 1. The minimum atomic E-state index is -0.723. The monoisotopic (exact) mass is 227 g/mol. The van der Waals surface area contributed by atoms with E-state index in [1.807, 2.05) is 0 Å². The van der Waals surface area contributed by atoms with Crippen LogP contribution in [0.4, 0.5) is 4.39 Å². The van der Waals surface area contributed by atoms with Crippen LogP contribution < -0.4 is 10.5 Å². The predicted molar refractivity (Wildman–Crippen MR) is 60.9 cm³/mol. The van der Waals surface area contributed by atoms with Crippen LogP contribution in [0.25, 0.3) is 0 Å². The second kappa shape index (κ2) is 4.80. The lowest BCUT2D eigenvalue weighted by Gasteiger charge is -2.22. The molecule has 0 amide bonds. The molecule has 0 heterocycles. The summed E-state index contributed by atoms with van der Waals surface area (Å²) in [4.78, 5) is 0. The molecule has 1 aromatic rings. The van der Waals surface area contributed by atoms with Gasteiger partial charge in [-0.3, -0.25) is 0 Å². The van der Waals surface area contributed by atoms with Crippen LogP contribution in [0.15, 0.2) is 12.1 Å².